The van der Waals surface area contributed by atoms with E-state index in [2.05, 4.69) is 15.3 Å². The van der Waals surface area contributed by atoms with E-state index in [1.54, 1.807) is 18.2 Å². The zero-order chi connectivity index (χ0) is 16.5. The Morgan fingerprint density at radius 2 is 1.79 bits per heavy atom. The van der Waals surface area contributed by atoms with Crippen LogP contribution >= 0.6 is 11.3 Å². The Balaban J connectivity index is 1.60. The number of hydrogen-bond acceptors (Lipinski definition) is 5. The largest absolute Gasteiger partial charge is 0.486 e. The molecule has 0 N–H and O–H groups in total. The first-order valence-corrected chi connectivity index (χ1v) is 7.87. The second kappa shape index (κ2) is 5.97. The molecule has 0 saturated heterocycles. The van der Waals surface area contributed by atoms with Crippen LogP contribution in [0.5, 0.6) is 5.75 Å². The molecule has 2 aromatic heterocycles. The first-order valence-electron chi connectivity index (χ1n) is 7.05. The summed E-state index contributed by atoms with van der Waals surface area (Å²) in [5.74, 6) is 0.318. The van der Waals surface area contributed by atoms with Crippen LogP contribution in [0.2, 0.25) is 0 Å². The summed E-state index contributed by atoms with van der Waals surface area (Å²) in [6.07, 6.45) is 0. The van der Waals surface area contributed by atoms with Gasteiger partial charge in [0, 0.05) is 5.56 Å². The predicted octanol–water partition coefficient (Wildman–Crippen LogP) is 3.71. The van der Waals surface area contributed by atoms with Crippen LogP contribution in [0.4, 0.5) is 8.78 Å². The summed E-state index contributed by atoms with van der Waals surface area (Å²) < 4.78 is 33.8. The Kier molecular flexibility index (Phi) is 3.66. The van der Waals surface area contributed by atoms with E-state index in [4.69, 9.17) is 4.74 Å². The Hall–Kier alpha value is -2.87. The minimum absolute atomic E-state index is 0.118. The van der Waals surface area contributed by atoms with Crippen molar-refractivity contribution in [1.29, 1.82) is 0 Å². The van der Waals surface area contributed by atoms with Gasteiger partial charge in [-0.25, -0.2) is 8.78 Å². The van der Waals surface area contributed by atoms with Gasteiger partial charge >= 0.3 is 0 Å². The molecule has 0 saturated carbocycles. The van der Waals surface area contributed by atoms with Crippen LogP contribution in [0.3, 0.4) is 0 Å². The van der Waals surface area contributed by atoms with E-state index in [-0.39, 0.29) is 18.2 Å². The maximum Gasteiger partial charge on any atom is 0.235 e. The lowest BCUT2D eigenvalue weighted by Crippen LogP contribution is -2.02. The molecule has 0 radical (unpaired) electrons. The number of rotatable bonds is 4. The van der Waals surface area contributed by atoms with Crippen molar-refractivity contribution in [2.45, 2.75) is 6.61 Å². The summed E-state index contributed by atoms with van der Waals surface area (Å²) in [4.78, 5) is 0.547. The zero-order valence-electron chi connectivity index (χ0n) is 12.2. The standard InChI is InChI=1S/C16H10F2N4OS/c17-10-5-7-11(8-6-10)23-9-14-19-20-16-22(14)21-15(24-16)12-3-1-2-4-13(12)18/h1-8H,9H2. The van der Waals surface area contributed by atoms with Gasteiger partial charge in [0.1, 0.15) is 24.0 Å². The molecule has 0 aliphatic heterocycles. The summed E-state index contributed by atoms with van der Waals surface area (Å²) in [5, 5.41) is 12.9. The fourth-order valence-electron chi connectivity index (χ4n) is 2.17. The van der Waals surface area contributed by atoms with Crippen LogP contribution in [0.25, 0.3) is 15.5 Å². The second-order valence-electron chi connectivity index (χ2n) is 4.94. The number of nitrogens with zero attached hydrogens (tertiary/aromatic N) is 4. The molecular formula is C16H10F2N4OS. The number of benzene rings is 2. The van der Waals surface area contributed by atoms with Gasteiger partial charge < -0.3 is 4.74 Å². The topological polar surface area (TPSA) is 52.3 Å². The Labute approximate surface area is 139 Å². The van der Waals surface area contributed by atoms with Crippen molar-refractivity contribution in [2.75, 3.05) is 0 Å². The fraction of sp³-hybridized carbons (Fsp3) is 0.0625. The van der Waals surface area contributed by atoms with E-state index in [1.807, 2.05) is 0 Å². The molecule has 2 aromatic carbocycles. The molecule has 5 nitrogen and oxygen atoms in total. The number of hydrogen-bond donors (Lipinski definition) is 0. The minimum atomic E-state index is -0.341. The quantitative estimate of drug-likeness (QED) is 0.566. The highest BCUT2D eigenvalue weighted by atomic mass is 32.1. The third-order valence-corrected chi connectivity index (χ3v) is 4.27. The maximum atomic E-state index is 13.9. The van der Waals surface area contributed by atoms with Gasteiger partial charge in [-0.15, -0.1) is 10.2 Å². The van der Waals surface area contributed by atoms with Crippen LogP contribution in [0.1, 0.15) is 5.82 Å². The summed E-state index contributed by atoms with van der Waals surface area (Å²) in [7, 11) is 0. The molecule has 0 bridgehead atoms. The Morgan fingerprint density at radius 1 is 1.00 bits per heavy atom. The third kappa shape index (κ3) is 2.71. The van der Waals surface area contributed by atoms with Crippen LogP contribution in [0.15, 0.2) is 48.5 Å². The molecule has 0 amide bonds. The normalized spacial score (nSPS) is 11.1. The van der Waals surface area contributed by atoms with Crippen LogP contribution in [0, 0.1) is 11.6 Å². The van der Waals surface area contributed by atoms with E-state index >= 15 is 0 Å². The fourth-order valence-corrected chi connectivity index (χ4v) is 3.05. The van der Waals surface area contributed by atoms with Gasteiger partial charge in [0.2, 0.25) is 4.96 Å². The van der Waals surface area contributed by atoms with Gasteiger partial charge in [-0.1, -0.05) is 23.5 Å². The molecule has 120 valence electrons. The van der Waals surface area contributed by atoms with Crippen molar-refractivity contribution in [2.24, 2.45) is 0 Å². The van der Waals surface area contributed by atoms with E-state index in [0.717, 1.165) is 0 Å². The van der Waals surface area contributed by atoms with Crippen LogP contribution < -0.4 is 4.74 Å². The number of ether oxygens (including phenoxy) is 1. The minimum Gasteiger partial charge on any atom is -0.486 e. The zero-order valence-corrected chi connectivity index (χ0v) is 13.0. The lowest BCUT2D eigenvalue weighted by Gasteiger charge is -2.03. The first-order chi connectivity index (χ1) is 11.7. The molecule has 0 unspecified atom stereocenters. The molecule has 2 heterocycles. The smallest absolute Gasteiger partial charge is 0.235 e. The molecule has 0 fully saturated rings. The van der Waals surface area contributed by atoms with Gasteiger partial charge in [-0.05, 0) is 36.4 Å². The second-order valence-corrected chi connectivity index (χ2v) is 5.90. The van der Waals surface area contributed by atoms with E-state index in [9.17, 15) is 8.78 Å². The highest BCUT2D eigenvalue weighted by Gasteiger charge is 2.15. The van der Waals surface area contributed by atoms with Crippen LogP contribution in [-0.2, 0) is 6.61 Å². The number of halogens is 2. The van der Waals surface area contributed by atoms with Gasteiger partial charge in [-0.2, -0.15) is 9.61 Å². The van der Waals surface area contributed by atoms with Crippen molar-refractivity contribution in [1.82, 2.24) is 19.8 Å². The number of aromatic nitrogens is 4. The molecule has 4 rings (SSSR count). The predicted molar refractivity (Wildman–Crippen MR) is 84.8 cm³/mol. The monoisotopic (exact) mass is 344 g/mol. The first kappa shape index (κ1) is 14.7. The van der Waals surface area contributed by atoms with Crippen molar-refractivity contribution in [3.63, 3.8) is 0 Å². The lowest BCUT2D eigenvalue weighted by molar-refractivity contribution is 0.292. The van der Waals surface area contributed by atoms with E-state index < -0.39 is 0 Å². The van der Waals surface area contributed by atoms with E-state index in [0.29, 0.717) is 27.1 Å². The van der Waals surface area contributed by atoms with Crippen molar-refractivity contribution in [3.05, 3.63) is 66.0 Å². The molecule has 0 spiro atoms. The summed E-state index contributed by atoms with van der Waals surface area (Å²) >= 11 is 1.24. The number of fused-ring (bicyclic) bond motifs is 1. The molecular weight excluding hydrogens is 334 g/mol. The summed E-state index contributed by atoms with van der Waals surface area (Å²) in [6.45, 7) is 0.118. The lowest BCUT2D eigenvalue weighted by atomic mass is 10.2. The van der Waals surface area contributed by atoms with Crippen molar-refractivity contribution >= 4 is 16.3 Å². The average molecular weight is 344 g/mol. The molecule has 0 aliphatic rings. The van der Waals surface area contributed by atoms with Gasteiger partial charge in [0.05, 0.1) is 0 Å². The van der Waals surface area contributed by atoms with E-state index in [1.165, 1.54) is 46.2 Å². The molecule has 4 aromatic rings. The van der Waals surface area contributed by atoms with Crippen molar-refractivity contribution in [3.8, 4) is 16.3 Å². The Bertz CT molecular complexity index is 997. The van der Waals surface area contributed by atoms with Gasteiger partial charge in [-0.3, -0.25) is 0 Å². The van der Waals surface area contributed by atoms with Crippen LogP contribution in [-0.4, -0.2) is 19.8 Å². The third-order valence-electron chi connectivity index (χ3n) is 3.34. The molecule has 8 heteroatoms. The molecule has 24 heavy (non-hydrogen) atoms. The van der Waals surface area contributed by atoms with Crippen molar-refractivity contribution < 1.29 is 13.5 Å². The maximum absolute atomic E-state index is 13.9. The highest BCUT2D eigenvalue weighted by molar-refractivity contribution is 7.19. The van der Waals surface area contributed by atoms with Gasteiger partial charge in [0.15, 0.2) is 10.8 Å². The molecule has 0 aliphatic carbocycles. The highest BCUT2D eigenvalue weighted by Crippen LogP contribution is 2.27. The average Bonchev–Trinajstić information content (AvgIpc) is 3.16. The summed E-state index contributed by atoms with van der Waals surface area (Å²) in [5.41, 5.74) is 0.415. The van der Waals surface area contributed by atoms with Gasteiger partial charge in [0.25, 0.3) is 0 Å². The SMILES string of the molecule is Fc1ccc(OCc2nnc3sc(-c4ccccc4F)nn23)cc1. The summed E-state index contributed by atoms with van der Waals surface area (Å²) in [6, 6.07) is 12.1. The molecule has 0 atom stereocenters. The Morgan fingerprint density at radius 3 is 2.58 bits per heavy atom.